The number of anilines is 1. The van der Waals surface area contributed by atoms with Crippen LogP contribution in [0.25, 0.3) is 0 Å². The summed E-state index contributed by atoms with van der Waals surface area (Å²) in [6.45, 7) is 0.806. The maximum Gasteiger partial charge on any atom is 0.0772 e. The normalized spacial score (nSPS) is 22.1. The molecule has 2 unspecified atom stereocenters. The minimum atomic E-state index is 0.316. The maximum absolute atomic E-state index is 5.59. The zero-order valence-corrected chi connectivity index (χ0v) is 12.5. The molecule has 1 N–H and O–H groups in total. The molecule has 1 heterocycles. The number of hydrogen-bond donors (Lipinski definition) is 1. The summed E-state index contributed by atoms with van der Waals surface area (Å²) in [4.78, 5) is 0. The lowest BCUT2D eigenvalue weighted by molar-refractivity contribution is 0.0606. The topological polar surface area (TPSA) is 39.1 Å². The highest BCUT2D eigenvalue weighted by Crippen LogP contribution is 2.24. The summed E-state index contributed by atoms with van der Waals surface area (Å²) in [5.74, 6) is 0. The van der Waals surface area contributed by atoms with E-state index in [1.165, 1.54) is 24.8 Å². The van der Waals surface area contributed by atoms with Crippen LogP contribution in [0.5, 0.6) is 0 Å². The summed E-state index contributed by atoms with van der Waals surface area (Å²) in [6.07, 6.45) is 9.16. The molecule has 3 rings (SSSR count). The van der Waals surface area contributed by atoms with Crippen LogP contribution in [-0.2, 0) is 11.3 Å². The molecule has 1 aromatic heterocycles. The quantitative estimate of drug-likeness (QED) is 0.916. The van der Waals surface area contributed by atoms with E-state index in [1.54, 1.807) is 0 Å². The van der Waals surface area contributed by atoms with E-state index < -0.39 is 0 Å². The van der Waals surface area contributed by atoms with Crippen molar-refractivity contribution in [3.63, 3.8) is 0 Å². The van der Waals surface area contributed by atoms with Crippen molar-refractivity contribution >= 4 is 5.69 Å². The van der Waals surface area contributed by atoms with Crippen LogP contribution < -0.4 is 5.32 Å². The first kappa shape index (κ1) is 14.1. The van der Waals surface area contributed by atoms with E-state index in [2.05, 4.69) is 40.9 Å². The molecule has 2 aromatic rings. The van der Waals surface area contributed by atoms with Crippen LogP contribution in [0, 0.1) is 0 Å². The highest BCUT2D eigenvalue weighted by atomic mass is 16.5. The van der Waals surface area contributed by atoms with E-state index in [-0.39, 0.29) is 0 Å². The SMILES string of the molecule is COC1CCCCC1Nc1cnn(Cc2ccccc2)c1. The van der Waals surface area contributed by atoms with Crippen molar-refractivity contribution < 1.29 is 4.74 Å². The molecule has 2 atom stereocenters. The Morgan fingerprint density at radius 2 is 2.05 bits per heavy atom. The lowest BCUT2D eigenvalue weighted by atomic mass is 9.92. The van der Waals surface area contributed by atoms with Crippen molar-refractivity contribution in [1.29, 1.82) is 0 Å². The fraction of sp³-hybridized carbons (Fsp3) is 0.471. The second-order valence-electron chi connectivity index (χ2n) is 5.72. The molecule has 4 heteroatoms. The molecule has 0 spiro atoms. The van der Waals surface area contributed by atoms with Crippen LogP contribution >= 0.6 is 0 Å². The first-order chi connectivity index (χ1) is 10.3. The number of ether oxygens (including phenoxy) is 1. The number of benzene rings is 1. The fourth-order valence-corrected chi connectivity index (χ4v) is 3.05. The second-order valence-corrected chi connectivity index (χ2v) is 5.72. The monoisotopic (exact) mass is 285 g/mol. The van der Waals surface area contributed by atoms with E-state index in [1.807, 2.05) is 24.1 Å². The average Bonchev–Trinajstić information content (AvgIpc) is 2.96. The summed E-state index contributed by atoms with van der Waals surface area (Å²) in [5, 5.41) is 8.02. The summed E-state index contributed by atoms with van der Waals surface area (Å²) in [6, 6.07) is 10.8. The number of hydrogen-bond acceptors (Lipinski definition) is 3. The number of rotatable bonds is 5. The van der Waals surface area contributed by atoms with Crippen molar-refractivity contribution in [3.8, 4) is 0 Å². The maximum atomic E-state index is 5.59. The van der Waals surface area contributed by atoms with Gasteiger partial charge in [0.05, 0.1) is 30.6 Å². The Hall–Kier alpha value is -1.81. The summed E-state index contributed by atoms with van der Waals surface area (Å²) in [7, 11) is 1.81. The molecule has 1 fully saturated rings. The minimum absolute atomic E-state index is 0.316. The second kappa shape index (κ2) is 6.76. The van der Waals surface area contributed by atoms with Crippen LogP contribution in [-0.4, -0.2) is 29.0 Å². The van der Waals surface area contributed by atoms with Crippen molar-refractivity contribution in [2.24, 2.45) is 0 Å². The molecule has 0 aliphatic heterocycles. The molecule has 21 heavy (non-hydrogen) atoms. The number of methoxy groups -OCH3 is 1. The van der Waals surface area contributed by atoms with Gasteiger partial charge in [-0.15, -0.1) is 0 Å². The molecule has 0 saturated heterocycles. The molecule has 1 aliphatic rings. The summed E-state index contributed by atoms with van der Waals surface area (Å²) < 4.78 is 7.56. The Balaban J connectivity index is 1.62. The molecular formula is C17H23N3O. The molecule has 112 valence electrons. The Morgan fingerprint density at radius 3 is 2.86 bits per heavy atom. The van der Waals surface area contributed by atoms with E-state index in [4.69, 9.17) is 4.74 Å². The Kier molecular flexibility index (Phi) is 4.55. The third-order valence-corrected chi connectivity index (χ3v) is 4.18. The first-order valence-corrected chi connectivity index (χ1v) is 7.71. The third-order valence-electron chi connectivity index (χ3n) is 4.18. The van der Waals surface area contributed by atoms with Gasteiger partial charge < -0.3 is 10.1 Å². The summed E-state index contributed by atoms with van der Waals surface area (Å²) >= 11 is 0. The van der Waals surface area contributed by atoms with Gasteiger partial charge in [0.25, 0.3) is 0 Å². The third kappa shape index (κ3) is 3.64. The molecule has 1 aromatic carbocycles. The van der Waals surface area contributed by atoms with Crippen molar-refractivity contribution in [2.45, 2.75) is 44.4 Å². The lowest BCUT2D eigenvalue weighted by Crippen LogP contribution is -2.37. The predicted octanol–water partition coefficient (Wildman–Crippen LogP) is 3.30. The smallest absolute Gasteiger partial charge is 0.0772 e. The van der Waals surface area contributed by atoms with E-state index in [0.29, 0.717) is 12.1 Å². The van der Waals surface area contributed by atoms with E-state index in [0.717, 1.165) is 18.7 Å². The van der Waals surface area contributed by atoms with Crippen LogP contribution in [0.4, 0.5) is 5.69 Å². The minimum Gasteiger partial charge on any atom is -0.379 e. The molecule has 0 bridgehead atoms. The molecule has 0 amide bonds. The first-order valence-electron chi connectivity index (χ1n) is 7.71. The number of nitrogens with zero attached hydrogens (tertiary/aromatic N) is 2. The molecule has 1 saturated carbocycles. The molecular weight excluding hydrogens is 262 g/mol. The van der Waals surface area contributed by atoms with Crippen molar-refractivity contribution in [3.05, 3.63) is 48.3 Å². The Labute approximate surface area is 126 Å². The zero-order valence-electron chi connectivity index (χ0n) is 12.5. The van der Waals surface area contributed by atoms with Crippen LogP contribution in [0.3, 0.4) is 0 Å². The van der Waals surface area contributed by atoms with Crippen LogP contribution in [0.2, 0.25) is 0 Å². The molecule has 1 aliphatic carbocycles. The Bertz CT molecular complexity index is 552. The lowest BCUT2D eigenvalue weighted by Gasteiger charge is -2.31. The summed E-state index contributed by atoms with van der Waals surface area (Å²) in [5.41, 5.74) is 2.35. The van der Waals surface area contributed by atoms with Gasteiger partial charge in [0.1, 0.15) is 0 Å². The van der Waals surface area contributed by atoms with Gasteiger partial charge >= 0.3 is 0 Å². The highest BCUT2D eigenvalue weighted by molar-refractivity contribution is 5.40. The fourth-order valence-electron chi connectivity index (χ4n) is 3.05. The number of aromatic nitrogens is 2. The van der Waals surface area contributed by atoms with E-state index in [9.17, 15) is 0 Å². The van der Waals surface area contributed by atoms with Gasteiger partial charge in [-0.1, -0.05) is 43.2 Å². The van der Waals surface area contributed by atoms with Crippen LogP contribution in [0.1, 0.15) is 31.2 Å². The van der Waals surface area contributed by atoms with Crippen molar-refractivity contribution in [2.75, 3.05) is 12.4 Å². The van der Waals surface area contributed by atoms with Crippen molar-refractivity contribution in [1.82, 2.24) is 9.78 Å². The molecule has 0 radical (unpaired) electrons. The highest BCUT2D eigenvalue weighted by Gasteiger charge is 2.24. The van der Waals surface area contributed by atoms with Gasteiger partial charge in [0.2, 0.25) is 0 Å². The average molecular weight is 285 g/mol. The van der Waals surface area contributed by atoms with Gasteiger partial charge in [-0.2, -0.15) is 5.10 Å². The predicted molar refractivity (Wildman–Crippen MR) is 84.4 cm³/mol. The standard InChI is InChI=1S/C17H23N3O/c1-21-17-10-6-5-9-16(17)19-15-11-18-20(13-15)12-14-7-3-2-4-8-14/h2-4,7-8,11,13,16-17,19H,5-6,9-10,12H2,1H3. The van der Waals surface area contributed by atoms with Gasteiger partial charge in [0.15, 0.2) is 0 Å². The van der Waals surface area contributed by atoms with Crippen LogP contribution in [0.15, 0.2) is 42.7 Å². The van der Waals surface area contributed by atoms with E-state index >= 15 is 0 Å². The zero-order chi connectivity index (χ0) is 14.5. The Morgan fingerprint density at radius 1 is 1.24 bits per heavy atom. The van der Waals surface area contributed by atoms with Gasteiger partial charge in [-0.05, 0) is 18.4 Å². The largest absolute Gasteiger partial charge is 0.379 e. The molecule has 4 nitrogen and oxygen atoms in total. The number of nitrogens with one attached hydrogen (secondary N) is 1. The van der Waals surface area contributed by atoms with Gasteiger partial charge in [-0.3, -0.25) is 4.68 Å². The van der Waals surface area contributed by atoms with Gasteiger partial charge in [-0.25, -0.2) is 0 Å². The van der Waals surface area contributed by atoms with Gasteiger partial charge in [0, 0.05) is 13.3 Å².